The summed E-state index contributed by atoms with van der Waals surface area (Å²) in [6.07, 6.45) is 3.03. The molecule has 15 heavy (non-hydrogen) atoms. The van der Waals surface area contributed by atoms with E-state index in [2.05, 4.69) is 0 Å². The lowest BCUT2D eigenvalue weighted by Gasteiger charge is -2.09. The summed E-state index contributed by atoms with van der Waals surface area (Å²) >= 11 is 0. The molecular formula is C13H18O2. The highest BCUT2D eigenvalue weighted by Gasteiger charge is 2.21. The van der Waals surface area contributed by atoms with Gasteiger partial charge in [0, 0.05) is 0 Å². The number of benzene rings is 1. The highest BCUT2D eigenvalue weighted by atomic mass is 16.5. The number of hydrogen-bond acceptors (Lipinski definition) is 2. The molecule has 0 amide bonds. The topological polar surface area (TPSA) is 29.5 Å². The summed E-state index contributed by atoms with van der Waals surface area (Å²) < 4.78 is 5.62. The zero-order valence-electron chi connectivity index (χ0n) is 9.15. The number of aliphatic hydroxyl groups excluding tert-OH is 1. The first-order valence-corrected chi connectivity index (χ1v) is 5.70. The quantitative estimate of drug-likeness (QED) is 0.802. The fourth-order valence-corrected chi connectivity index (χ4v) is 1.52. The van der Waals surface area contributed by atoms with Crippen LogP contribution in [0.3, 0.4) is 0 Å². The van der Waals surface area contributed by atoms with E-state index in [9.17, 15) is 5.11 Å². The van der Waals surface area contributed by atoms with Gasteiger partial charge in [-0.2, -0.15) is 0 Å². The monoisotopic (exact) mass is 206 g/mol. The van der Waals surface area contributed by atoms with E-state index in [4.69, 9.17) is 4.74 Å². The van der Waals surface area contributed by atoms with Gasteiger partial charge in [-0.1, -0.05) is 19.1 Å². The fraction of sp³-hybridized carbons (Fsp3) is 0.538. The second-order valence-corrected chi connectivity index (χ2v) is 4.25. The Kier molecular flexibility index (Phi) is 3.27. The number of ether oxygens (including phenoxy) is 1. The molecule has 1 aliphatic carbocycles. The van der Waals surface area contributed by atoms with E-state index < -0.39 is 0 Å². The molecule has 1 atom stereocenters. The van der Waals surface area contributed by atoms with Crippen LogP contribution < -0.4 is 4.74 Å². The van der Waals surface area contributed by atoms with Gasteiger partial charge in [0.25, 0.3) is 0 Å². The van der Waals surface area contributed by atoms with Crippen molar-refractivity contribution < 1.29 is 9.84 Å². The minimum atomic E-state index is -0.345. The normalized spacial score (nSPS) is 17.5. The molecular weight excluding hydrogens is 188 g/mol. The third-order valence-corrected chi connectivity index (χ3v) is 2.83. The van der Waals surface area contributed by atoms with E-state index >= 15 is 0 Å². The zero-order valence-corrected chi connectivity index (χ0v) is 9.15. The van der Waals surface area contributed by atoms with Crippen LogP contribution in [0.1, 0.15) is 37.9 Å². The molecule has 0 aliphatic heterocycles. The van der Waals surface area contributed by atoms with E-state index in [1.807, 2.05) is 31.2 Å². The van der Waals surface area contributed by atoms with Crippen molar-refractivity contribution in [3.63, 3.8) is 0 Å². The average molecular weight is 206 g/mol. The summed E-state index contributed by atoms with van der Waals surface area (Å²) in [7, 11) is 0. The summed E-state index contributed by atoms with van der Waals surface area (Å²) in [5, 5.41) is 9.61. The standard InChI is InChI=1S/C13H18O2/c1-2-13(14)11-5-7-12(8-6-11)15-9-10-3-4-10/h5-8,10,13-14H,2-4,9H2,1H3. The number of aliphatic hydroxyl groups is 1. The van der Waals surface area contributed by atoms with Crippen molar-refractivity contribution in [3.05, 3.63) is 29.8 Å². The lowest BCUT2D eigenvalue weighted by atomic mass is 10.1. The molecule has 1 unspecified atom stereocenters. The number of rotatable bonds is 5. The second kappa shape index (κ2) is 4.67. The first-order valence-electron chi connectivity index (χ1n) is 5.70. The van der Waals surface area contributed by atoms with Crippen LogP contribution in [0.25, 0.3) is 0 Å². The van der Waals surface area contributed by atoms with Crippen molar-refractivity contribution in [1.82, 2.24) is 0 Å². The Morgan fingerprint density at radius 2 is 2.00 bits per heavy atom. The summed E-state index contributed by atoms with van der Waals surface area (Å²) in [6.45, 7) is 2.82. The summed E-state index contributed by atoms with van der Waals surface area (Å²) in [5.41, 5.74) is 0.969. The molecule has 1 aliphatic rings. The Morgan fingerprint density at radius 3 is 2.53 bits per heavy atom. The fourth-order valence-electron chi connectivity index (χ4n) is 1.52. The van der Waals surface area contributed by atoms with E-state index in [0.717, 1.165) is 30.3 Å². The van der Waals surface area contributed by atoms with E-state index in [1.54, 1.807) is 0 Å². The minimum Gasteiger partial charge on any atom is -0.493 e. The van der Waals surface area contributed by atoms with Gasteiger partial charge in [-0.25, -0.2) is 0 Å². The van der Waals surface area contributed by atoms with Crippen molar-refractivity contribution in [2.45, 2.75) is 32.3 Å². The van der Waals surface area contributed by atoms with Crippen molar-refractivity contribution in [2.24, 2.45) is 5.92 Å². The molecule has 1 N–H and O–H groups in total. The van der Waals surface area contributed by atoms with E-state index in [0.29, 0.717) is 0 Å². The van der Waals surface area contributed by atoms with Gasteiger partial charge in [-0.15, -0.1) is 0 Å². The molecule has 0 spiro atoms. The van der Waals surface area contributed by atoms with Gasteiger partial charge >= 0.3 is 0 Å². The first-order chi connectivity index (χ1) is 7.29. The van der Waals surface area contributed by atoms with Crippen molar-refractivity contribution in [2.75, 3.05) is 6.61 Å². The van der Waals surface area contributed by atoms with Gasteiger partial charge in [0.1, 0.15) is 5.75 Å². The van der Waals surface area contributed by atoms with Crippen molar-refractivity contribution in [3.8, 4) is 5.75 Å². The van der Waals surface area contributed by atoms with Crippen molar-refractivity contribution >= 4 is 0 Å². The molecule has 0 radical (unpaired) electrons. The van der Waals surface area contributed by atoms with Crippen LogP contribution in [0.15, 0.2) is 24.3 Å². The van der Waals surface area contributed by atoms with Crippen LogP contribution in [0.2, 0.25) is 0 Å². The van der Waals surface area contributed by atoms with E-state index in [-0.39, 0.29) is 6.10 Å². The Hall–Kier alpha value is -1.02. The largest absolute Gasteiger partial charge is 0.493 e. The highest BCUT2D eigenvalue weighted by molar-refractivity contribution is 5.28. The van der Waals surface area contributed by atoms with Crippen LogP contribution in [0.4, 0.5) is 0 Å². The van der Waals surface area contributed by atoms with Gasteiger partial charge in [-0.3, -0.25) is 0 Å². The van der Waals surface area contributed by atoms with Crippen LogP contribution >= 0.6 is 0 Å². The second-order valence-electron chi connectivity index (χ2n) is 4.25. The maximum Gasteiger partial charge on any atom is 0.119 e. The predicted molar refractivity (Wildman–Crippen MR) is 59.9 cm³/mol. The Balaban J connectivity index is 1.90. The third kappa shape index (κ3) is 2.96. The summed E-state index contributed by atoms with van der Waals surface area (Å²) in [6, 6.07) is 7.76. The lowest BCUT2D eigenvalue weighted by Crippen LogP contribution is -1.99. The third-order valence-electron chi connectivity index (χ3n) is 2.83. The van der Waals surface area contributed by atoms with Gasteiger partial charge < -0.3 is 9.84 Å². The Labute approximate surface area is 90.9 Å². The molecule has 2 nitrogen and oxygen atoms in total. The van der Waals surface area contributed by atoms with Gasteiger partial charge in [0.15, 0.2) is 0 Å². The van der Waals surface area contributed by atoms with Crippen LogP contribution in [0.5, 0.6) is 5.75 Å². The predicted octanol–water partition coefficient (Wildman–Crippen LogP) is 2.92. The van der Waals surface area contributed by atoms with Gasteiger partial charge in [0.05, 0.1) is 12.7 Å². The molecule has 82 valence electrons. The lowest BCUT2D eigenvalue weighted by molar-refractivity contribution is 0.173. The highest BCUT2D eigenvalue weighted by Crippen LogP contribution is 2.29. The van der Waals surface area contributed by atoms with Gasteiger partial charge in [0.2, 0.25) is 0 Å². The maximum atomic E-state index is 9.61. The van der Waals surface area contributed by atoms with Crippen molar-refractivity contribution in [1.29, 1.82) is 0 Å². The number of hydrogen-bond donors (Lipinski definition) is 1. The zero-order chi connectivity index (χ0) is 10.7. The first kappa shape index (κ1) is 10.5. The Bertz CT molecular complexity index is 301. The molecule has 2 rings (SSSR count). The Morgan fingerprint density at radius 1 is 1.33 bits per heavy atom. The molecule has 2 heteroatoms. The molecule has 0 heterocycles. The smallest absolute Gasteiger partial charge is 0.119 e. The van der Waals surface area contributed by atoms with Gasteiger partial charge in [-0.05, 0) is 42.9 Å². The summed E-state index contributed by atoms with van der Waals surface area (Å²) in [4.78, 5) is 0. The molecule has 1 saturated carbocycles. The molecule has 1 fully saturated rings. The molecule has 1 aromatic rings. The molecule has 0 bridgehead atoms. The molecule has 1 aromatic carbocycles. The average Bonchev–Trinajstić information content (AvgIpc) is 3.10. The van der Waals surface area contributed by atoms with Crippen LogP contribution in [-0.4, -0.2) is 11.7 Å². The maximum absolute atomic E-state index is 9.61. The molecule has 0 aromatic heterocycles. The van der Waals surface area contributed by atoms with Crippen LogP contribution in [0, 0.1) is 5.92 Å². The summed E-state index contributed by atoms with van der Waals surface area (Å²) in [5.74, 6) is 1.69. The van der Waals surface area contributed by atoms with E-state index in [1.165, 1.54) is 12.8 Å². The molecule has 0 saturated heterocycles. The SMILES string of the molecule is CCC(O)c1ccc(OCC2CC2)cc1. The van der Waals surface area contributed by atoms with Crippen LogP contribution in [-0.2, 0) is 0 Å². The minimum absolute atomic E-state index is 0.345.